The van der Waals surface area contributed by atoms with Crippen LogP contribution in [0, 0.1) is 0 Å². The average molecular weight is 390 g/mol. The lowest BCUT2D eigenvalue weighted by Gasteiger charge is -2.05. The minimum atomic E-state index is -3.80. The van der Waals surface area contributed by atoms with E-state index in [1.54, 1.807) is 42.7 Å². The zero-order chi connectivity index (χ0) is 18.4. The van der Waals surface area contributed by atoms with Crippen LogP contribution in [0.5, 0.6) is 0 Å². The van der Waals surface area contributed by atoms with E-state index in [1.165, 1.54) is 12.1 Å². The number of nitrogens with zero attached hydrogens (tertiary/aromatic N) is 1. The number of aromatic nitrogens is 1. The fourth-order valence-electron chi connectivity index (χ4n) is 2.20. The van der Waals surface area contributed by atoms with Crippen LogP contribution in [-0.4, -0.2) is 33.7 Å². The summed E-state index contributed by atoms with van der Waals surface area (Å²) in [4.78, 5) is 5.38. The van der Waals surface area contributed by atoms with E-state index < -0.39 is 9.84 Å². The van der Waals surface area contributed by atoms with E-state index in [4.69, 9.17) is 9.15 Å². The molecule has 0 radical (unpaired) electrons. The minimum Gasteiger partial charge on any atom is -0.420 e. The molecule has 0 aliphatic rings. The van der Waals surface area contributed by atoms with E-state index in [-0.39, 0.29) is 21.7 Å². The van der Waals surface area contributed by atoms with Gasteiger partial charge in [0.25, 0.3) is 0 Å². The van der Waals surface area contributed by atoms with Crippen molar-refractivity contribution in [3.05, 3.63) is 58.6 Å². The lowest BCUT2D eigenvalue weighted by Crippen LogP contribution is -2.11. The van der Waals surface area contributed by atoms with Crippen molar-refractivity contribution in [2.24, 2.45) is 0 Å². The Hall–Kier alpha value is -2.42. The Morgan fingerprint density at radius 3 is 2.69 bits per heavy atom. The first-order chi connectivity index (χ1) is 12.6. The molecule has 0 aliphatic carbocycles. The summed E-state index contributed by atoms with van der Waals surface area (Å²) >= 11 is 1.57. The second-order valence-electron chi connectivity index (χ2n) is 5.27. The summed E-state index contributed by atoms with van der Waals surface area (Å²) in [6.45, 7) is 0.809. The summed E-state index contributed by atoms with van der Waals surface area (Å²) < 4.78 is 36.5. The number of nitrogens with one attached hydrogen (secondary N) is 1. The predicted octanol–water partition coefficient (Wildman–Crippen LogP) is 3.80. The minimum absolute atomic E-state index is 0.108. The molecular formula is C18H18N2O4S2. The molecule has 0 spiro atoms. The monoisotopic (exact) mass is 390 g/mol. The first-order valence-electron chi connectivity index (χ1n) is 7.86. The van der Waals surface area contributed by atoms with Crippen molar-refractivity contribution < 1.29 is 17.6 Å². The molecule has 0 bridgehead atoms. The van der Waals surface area contributed by atoms with Gasteiger partial charge in [-0.3, -0.25) is 0 Å². The summed E-state index contributed by atoms with van der Waals surface area (Å²) in [5.74, 6) is 0.324. The van der Waals surface area contributed by atoms with Crippen LogP contribution in [0.25, 0.3) is 12.2 Å². The number of benzene rings is 1. The molecule has 0 fully saturated rings. The molecule has 2 aromatic heterocycles. The van der Waals surface area contributed by atoms with Gasteiger partial charge >= 0.3 is 0 Å². The van der Waals surface area contributed by atoms with Crippen LogP contribution in [0.4, 0.5) is 5.88 Å². The van der Waals surface area contributed by atoms with Gasteiger partial charge in [-0.25, -0.2) is 8.42 Å². The fourth-order valence-corrected chi connectivity index (χ4v) is 4.13. The van der Waals surface area contributed by atoms with Crippen LogP contribution in [0.15, 0.2) is 62.2 Å². The number of ether oxygens (including phenoxy) is 1. The highest BCUT2D eigenvalue weighted by molar-refractivity contribution is 7.91. The topological polar surface area (TPSA) is 81.4 Å². The van der Waals surface area contributed by atoms with E-state index >= 15 is 0 Å². The quantitative estimate of drug-likeness (QED) is 0.589. The van der Waals surface area contributed by atoms with Crippen molar-refractivity contribution in [2.45, 2.75) is 9.92 Å². The van der Waals surface area contributed by atoms with Gasteiger partial charge in [-0.15, -0.1) is 11.3 Å². The van der Waals surface area contributed by atoms with E-state index in [2.05, 4.69) is 10.3 Å². The van der Waals surface area contributed by atoms with Gasteiger partial charge in [0.15, 0.2) is 0 Å². The highest BCUT2D eigenvalue weighted by Crippen LogP contribution is 2.29. The molecule has 0 saturated heterocycles. The molecule has 0 saturated carbocycles. The molecule has 0 atom stereocenters. The van der Waals surface area contributed by atoms with Crippen molar-refractivity contribution in [3.8, 4) is 0 Å². The summed E-state index contributed by atoms with van der Waals surface area (Å²) in [6.07, 6.45) is 3.48. The molecule has 2 heterocycles. The lowest BCUT2D eigenvalue weighted by molar-refractivity contribution is 0.210. The SMILES string of the molecule is COCCNc1oc(/C=C/c2cccs2)nc1S(=O)(=O)c1ccccc1. The predicted molar refractivity (Wildman–Crippen MR) is 102 cm³/mol. The van der Waals surface area contributed by atoms with Crippen molar-refractivity contribution in [3.63, 3.8) is 0 Å². The fraction of sp³-hybridized carbons (Fsp3) is 0.167. The number of oxazole rings is 1. The molecule has 1 N–H and O–H groups in total. The first kappa shape index (κ1) is 18.4. The van der Waals surface area contributed by atoms with Gasteiger partial charge in [0, 0.05) is 24.6 Å². The normalized spacial score (nSPS) is 11.9. The number of methoxy groups -OCH3 is 1. The Labute approximate surface area is 156 Å². The molecule has 0 unspecified atom stereocenters. The number of hydrogen-bond donors (Lipinski definition) is 1. The van der Waals surface area contributed by atoms with Gasteiger partial charge in [-0.1, -0.05) is 24.3 Å². The van der Waals surface area contributed by atoms with Crippen LogP contribution in [0.3, 0.4) is 0 Å². The summed E-state index contributed by atoms with van der Waals surface area (Å²) in [5.41, 5.74) is 0. The van der Waals surface area contributed by atoms with E-state index in [0.717, 1.165) is 4.88 Å². The molecule has 0 amide bonds. The summed E-state index contributed by atoms with van der Waals surface area (Å²) in [6, 6.07) is 12.0. The second-order valence-corrected chi connectivity index (χ2v) is 8.12. The molecule has 1 aromatic carbocycles. The van der Waals surface area contributed by atoms with Crippen molar-refractivity contribution in [1.29, 1.82) is 0 Å². The van der Waals surface area contributed by atoms with Crippen LogP contribution in [0.1, 0.15) is 10.8 Å². The number of rotatable bonds is 8. The Morgan fingerprint density at radius 2 is 2.00 bits per heavy atom. The second kappa shape index (κ2) is 8.31. The van der Waals surface area contributed by atoms with Gasteiger partial charge in [0.1, 0.15) is 0 Å². The molecule has 3 aromatic rings. The molecule has 3 rings (SSSR count). The van der Waals surface area contributed by atoms with E-state index in [9.17, 15) is 8.42 Å². The third-order valence-electron chi connectivity index (χ3n) is 3.45. The smallest absolute Gasteiger partial charge is 0.233 e. The Bertz CT molecular complexity index is 962. The maximum atomic E-state index is 12.9. The van der Waals surface area contributed by atoms with Crippen LogP contribution in [-0.2, 0) is 14.6 Å². The largest absolute Gasteiger partial charge is 0.420 e. The Balaban J connectivity index is 1.96. The summed E-state index contributed by atoms with van der Waals surface area (Å²) in [7, 11) is -2.23. The van der Waals surface area contributed by atoms with Crippen LogP contribution < -0.4 is 5.32 Å². The van der Waals surface area contributed by atoms with Crippen molar-refractivity contribution in [2.75, 3.05) is 25.6 Å². The highest BCUT2D eigenvalue weighted by atomic mass is 32.2. The van der Waals surface area contributed by atoms with Gasteiger partial charge in [0.2, 0.25) is 26.6 Å². The number of anilines is 1. The number of hydrogen-bond acceptors (Lipinski definition) is 7. The zero-order valence-electron chi connectivity index (χ0n) is 14.1. The maximum absolute atomic E-state index is 12.9. The lowest BCUT2D eigenvalue weighted by atomic mass is 10.4. The van der Waals surface area contributed by atoms with Gasteiger partial charge in [0.05, 0.1) is 11.5 Å². The molecule has 8 heteroatoms. The van der Waals surface area contributed by atoms with Crippen LogP contribution >= 0.6 is 11.3 Å². The molecule has 26 heavy (non-hydrogen) atoms. The van der Waals surface area contributed by atoms with Crippen LogP contribution in [0.2, 0.25) is 0 Å². The zero-order valence-corrected chi connectivity index (χ0v) is 15.7. The Morgan fingerprint density at radius 1 is 1.19 bits per heavy atom. The third kappa shape index (κ3) is 4.21. The highest BCUT2D eigenvalue weighted by Gasteiger charge is 2.27. The maximum Gasteiger partial charge on any atom is 0.233 e. The van der Waals surface area contributed by atoms with Gasteiger partial charge < -0.3 is 14.5 Å². The first-order valence-corrected chi connectivity index (χ1v) is 10.2. The molecule has 0 aliphatic heterocycles. The van der Waals surface area contributed by atoms with E-state index in [1.807, 2.05) is 23.6 Å². The van der Waals surface area contributed by atoms with E-state index in [0.29, 0.717) is 13.2 Å². The molecule has 136 valence electrons. The number of sulfone groups is 1. The van der Waals surface area contributed by atoms with Crippen molar-refractivity contribution in [1.82, 2.24) is 4.98 Å². The average Bonchev–Trinajstić information content (AvgIpc) is 3.31. The Kier molecular flexibility index (Phi) is 5.87. The molecular weight excluding hydrogens is 372 g/mol. The van der Waals surface area contributed by atoms with Crippen molar-refractivity contribution >= 4 is 39.2 Å². The third-order valence-corrected chi connectivity index (χ3v) is 5.96. The van der Waals surface area contributed by atoms with Gasteiger partial charge in [-0.2, -0.15) is 4.98 Å². The standard InChI is InChI=1S/C18H18N2O4S2/c1-23-12-11-19-17-18(26(21,22)15-7-3-2-4-8-15)20-16(24-17)10-9-14-6-5-13-25-14/h2-10,13,19H,11-12H2,1H3/b10-9+. The number of thiophene rings is 1. The summed E-state index contributed by atoms with van der Waals surface area (Å²) in [5, 5.41) is 4.76. The van der Waals surface area contributed by atoms with Gasteiger partial charge in [-0.05, 0) is 29.7 Å². The molecule has 6 nitrogen and oxygen atoms in total.